The highest BCUT2D eigenvalue weighted by Gasteiger charge is 2.23. The number of H-pyrrole nitrogens is 1. The van der Waals surface area contributed by atoms with E-state index < -0.39 is 0 Å². The van der Waals surface area contributed by atoms with Gasteiger partial charge in [-0.25, -0.2) is 0 Å². The summed E-state index contributed by atoms with van der Waals surface area (Å²) in [4.78, 5) is 14.3. The van der Waals surface area contributed by atoms with Gasteiger partial charge in [-0.2, -0.15) is 0 Å². The van der Waals surface area contributed by atoms with Crippen molar-refractivity contribution < 1.29 is 4.42 Å². The highest BCUT2D eigenvalue weighted by molar-refractivity contribution is 5.26. The summed E-state index contributed by atoms with van der Waals surface area (Å²) in [6.45, 7) is 2.10. The lowest BCUT2D eigenvalue weighted by atomic mass is 9.90. The summed E-state index contributed by atoms with van der Waals surface area (Å²) in [5.74, 6) is 0.941. The van der Waals surface area contributed by atoms with Crippen molar-refractivity contribution in [1.82, 2.24) is 10.3 Å². The molecule has 4 heteroatoms. The fraction of sp³-hybridized carbons (Fsp3) is 0.400. The first-order valence-electron chi connectivity index (χ1n) is 6.75. The van der Waals surface area contributed by atoms with Gasteiger partial charge in [-0.15, -0.1) is 0 Å². The van der Waals surface area contributed by atoms with Crippen molar-refractivity contribution in [2.75, 3.05) is 0 Å². The molecule has 0 fully saturated rings. The van der Waals surface area contributed by atoms with E-state index in [4.69, 9.17) is 4.42 Å². The predicted molar refractivity (Wildman–Crippen MR) is 73.0 cm³/mol. The zero-order valence-corrected chi connectivity index (χ0v) is 11.0. The van der Waals surface area contributed by atoms with Gasteiger partial charge in [0.25, 0.3) is 0 Å². The summed E-state index contributed by atoms with van der Waals surface area (Å²) in [5, 5.41) is 3.58. The first kappa shape index (κ1) is 12.2. The molecule has 1 unspecified atom stereocenters. The van der Waals surface area contributed by atoms with Crippen LogP contribution in [0.15, 0.2) is 39.7 Å². The van der Waals surface area contributed by atoms with E-state index in [0.29, 0.717) is 0 Å². The van der Waals surface area contributed by atoms with Crippen LogP contribution < -0.4 is 10.9 Å². The van der Waals surface area contributed by atoms with Crippen LogP contribution in [0.4, 0.5) is 0 Å². The monoisotopic (exact) mass is 258 g/mol. The topological polar surface area (TPSA) is 58.0 Å². The molecule has 0 aliphatic heterocycles. The fourth-order valence-corrected chi connectivity index (χ4v) is 2.80. The Kier molecular flexibility index (Phi) is 3.25. The Morgan fingerprint density at radius 1 is 1.42 bits per heavy atom. The SMILES string of the molecule is C[C@@H](NC1CCCc2[nH]c(=O)ccc21)c1ccco1. The highest BCUT2D eigenvalue weighted by atomic mass is 16.3. The van der Waals surface area contributed by atoms with E-state index in [1.165, 1.54) is 5.56 Å². The van der Waals surface area contributed by atoms with Gasteiger partial charge in [0.2, 0.25) is 5.56 Å². The van der Waals surface area contributed by atoms with E-state index >= 15 is 0 Å². The molecule has 1 aliphatic rings. The Morgan fingerprint density at radius 3 is 3.11 bits per heavy atom. The second-order valence-corrected chi connectivity index (χ2v) is 5.11. The molecule has 19 heavy (non-hydrogen) atoms. The number of aromatic amines is 1. The van der Waals surface area contributed by atoms with E-state index in [0.717, 1.165) is 30.7 Å². The summed E-state index contributed by atoms with van der Waals surface area (Å²) in [7, 11) is 0. The summed E-state index contributed by atoms with van der Waals surface area (Å²) in [6.07, 6.45) is 4.83. The van der Waals surface area contributed by atoms with E-state index in [9.17, 15) is 4.79 Å². The van der Waals surface area contributed by atoms with Crippen molar-refractivity contribution in [3.63, 3.8) is 0 Å². The molecule has 0 saturated heterocycles. The number of fused-ring (bicyclic) bond motifs is 1. The van der Waals surface area contributed by atoms with Gasteiger partial charge in [0.15, 0.2) is 0 Å². The van der Waals surface area contributed by atoms with E-state index in [1.54, 1.807) is 12.3 Å². The zero-order valence-electron chi connectivity index (χ0n) is 11.0. The number of hydrogen-bond acceptors (Lipinski definition) is 3. The minimum atomic E-state index is -0.0153. The molecule has 0 bridgehead atoms. The van der Waals surface area contributed by atoms with Crippen molar-refractivity contribution in [3.05, 3.63) is 57.9 Å². The largest absolute Gasteiger partial charge is 0.468 e. The average Bonchev–Trinajstić information content (AvgIpc) is 2.92. The minimum absolute atomic E-state index is 0.0153. The van der Waals surface area contributed by atoms with Crippen LogP contribution in [0.3, 0.4) is 0 Å². The van der Waals surface area contributed by atoms with Crippen LogP contribution in [0, 0.1) is 0 Å². The molecule has 2 aromatic heterocycles. The smallest absolute Gasteiger partial charge is 0.248 e. The molecule has 1 aliphatic carbocycles. The van der Waals surface area contributed by atoms with Crippen LogP contribution in [0.25, 0.3) is 0 Å². The number of aryl methyl sites for hydroxylation is 1. The third-order valence-corrected chi connectivity index (χ3v) is 3.75. The number of hydrogen-bond donors (Lipinski definition) is 2. The molecule has 2 N–H and O–H groups in total. The van der Waals surface area contributed by atoms with Crippen molar-refractivity contribution in [2.24, 2.45) is 0 Å². The van der Waals surface area contributed by atoms with Gasteiger partial charge >= 0.3 is 0 Å². The van der Waals surface area contributed by atoms with Crippen LogP contribution in [0.2, 0.25) is 0 Å². The molecule has 4 nitrogen and oxygen atoms in total. The van der Waals surface area contributed by atoms with Crippen LogP contribution in [0.5, 0.6) is 0 Å². The van der Waals surface area contributed by atoms with Gasteiger partial charge in [-0.1, -0.05) is 6.07 Å². The molecular weight excluding hydrogens is 240 g/mol. The quantitative estimate of drug-likeness (QED) is 0.890. The lowest BCUT2D eigenvalue weighted by Gasteiger charge is -2.28. The Hall–Kier alpha value is -1.81. The van der Waals surface area contributed by atoms with Crippen molar-refractivity contribution in [3.8, 4) is 0 Å². The second-order valence-electron chi connectivity index (χ2n) is 5.11. The van der Waals surface area contributed by atoms with Gasteiger partial charge in [-0.05, 0) is 43.9 Å². The van der Waals surface area contributed by atoms with Gasteiger partial charge < -0.3 is 14.7 Å². The molecule has 0 radical (unpaired) electrons. The van der Waals surface area contributed by atoms with E-state index in [1.807, 2.05) is 18.2 Å². The van der Waals surface area contributed by atoms with Crippen molar-refractivity contribution in [1.29, 1.82) is 0 Å². The maximum Gasteiger partial charge on any atom is 0.248 e. The molecule has 2 aromatic rings. The molecule has 3 rings (SSSR count). The van der Waals surface area contributed by atoms with Crippen molar-refractivity contribution in [2.45, 2.75) is 38.3 Å². The molecule has 2 heterocycles. The lowest BCUT2D eigenvalue weighted by molar-refractivity contribution is 0.365. The van der Waals surface area contributed by atoms with Crippen molar-refractivity contribution >= 4 is 0 Å². The third-order valence-electron chi connectivity index (χ3n) is 3.75. The molecule has 100 valence electrons. The zero-order chi connectivity index (χ0) is 13.2. The van der Waals surface area contributed by atoms with Crippen LogP contribution in [-0.2, 0) is 6.42 Å². The average molecular weight is 258 g/mol. The second kappa shape index (κ2) is 5.05. The minimum Gasteiger partial charge on any atom is -0.468 e. The summed E-state index contributed by atoms with van der Waals surface area (Å²) in [5.41, 5.74) is 2.27. The Labute approximate surface area is 111 Å². The Bertz CT molecular complexity index is 601. The number of aromatic nitrogens is 1. The maximum atomic E-state index is 11.4. The number of rotatable bonds is 3. The Morgan fingerprint density at radius 2 is 2.32 bits per heavy atom. The molecule has 0 spiro atoms. The van der Waals surface area contributed by atoms with Crippen LogP contribution in [0.1, 0.15) is 48.9 Å². The van der Waals surface area contributed by atoms with Gasteiger partial charge in [-0.3, -0.25) is 4.79 Å². The predicted octanol–water partition coefficient (Wildman–Crippen LogP) is 2.70. The Balaban J connectivity index is 1.82. The first-order valence-corrected chi connectivity index (χ1v) is 6.75. The maximum absolute atomic E-state index is 11.4. The van der Waals surface area contributed by atoms with Crippen LogP contribution >= 0.6 is 0 Å². The summed E-state index contributed by atoms with van der Waals surface area (Å²) in [6, 6.07) is 7.88. The fourth-order valence-electron chi connectivity index (χ4n) is 2.80. The van der Waals surface area contributed by atoms with E-state index in [2.05, 4.69) is 17.2 Å². The third kappa shape index (κ3) is 2.49. The number of nitrogens with one attached hydrogen (secondary N) is 2. The first-order chi connectivity index (χ1) is 9.24. The summed E-state index contributed by atoms with van der Waals surface area (Å²) < 4.78 is 5.42. The molecule has 0 aromatic carbocycles. The summed E-state index contributed by atoms with van der Waals surface area (Å²) >= 11 is 0. The van der Waals surface area contributed by atoms with E-state index in [-0.39, 0.29) is 17.6 Å². The lowest BCUT2D eigenvalue weighted by Crippen LogP contribution is -2.29. The normalized spacial score (nSPS) is 19.9. The molecule has 2 atom stereocenters. The molecular formula is C15H18N2O2. The van der Waals surface area contributed by atoms with Gasteiger partial charge in [0, 0.05) is 17.8 Å². The van der Waals surface area contributed by atoms with Crippen LogP contribution in [-0.4, -0.2) is 4.98 Å². The standard InChI is InChI=1S/C15H18N2O2/c1-10(14-6-3-9-19-14)16-12-4-2-5-13-11(12)7-8-15(18)17-13/h3,6-10,12,16H,2,4-5H2,1H3,(H,17,18)/t10-,12?/m1/s1. The van der Waals surface area contributed by atoms with Gasteiger partial charge in [0.1, 0.15) is 5.76 Å². The van der Waals surface area contributed by atoms with Gasteiger partial charge in [0.05, 0.1) is 12.3 Å². The molecule has 0 saturated carbocycles. The highest BCUT2D eigenvalue weighted by Crippen LogP contribution is 2.30. The number of furan rings is 1. The molecule has 0 amide bonds. The number of pyridine rings is 1.